The Bertz CT molecular complexity index is 586. The van der Waals surface area contributed by atoms with E-state index in [1.807, 2.05) is 6.92 Å². The SMILES string of the molecule is CCn1ccc(C(=O)NC[C@H]2CC[C@H](S(C)(=O)=O)CC2)n1. The van der Waals surface area contributed by atoms with Crippen molar-refractivity contribution in [2.24, 2.45) is 5.92 Å². The maximum atomic E-state index is 12.0. The standard InChI is InChI=1S/C14H23N3O3S/c1-3-17-9-8-13(16-17)14(18)15-10-11-4-6-12(7-5-11)21(2,19)20/h8-9,11-12H,3-7,10H2,1-2H3,(H,15,18)/t11-,12-. The van der Waals surface area contributed by atoms with Crippen LogP contribution in [0.5, 0.6) is 0 Å². The Labute approximate surface area is 125 Å². The Kier molecular flexibility index (Phi) is 5.03. The van der Waals surface area contributed by atoms with Gasteiger partial charge in [-0.05, 0) is 44.6 Å². The Morgan fingerprint density at radius 2 is 2.05 bits per heavy atom. The summed E-state index contributed by atoms with van der Waals surface area (Å²) in [5.41, 5.74) is 0.432. The summed E-state index contributed by atoms with van der Waals surface area (Å²) in [5, 5.41) is 6.85. The fraction of sp³-hybridized carbons (Fsp3) is 0.714. The maximum Gasteiger partial charge on any atom is 0.271 e. The third kappa shape index (κ3) is 4.30. The van der Waals surface area contributed by atoms with Gasteiger partial charge in [0.25, 0.3) is 5.91 Å². The maximum absolute atomic E-state index is 12.0. The number of nitrogens with zero attached hydrogens (tertiary/aromatic N) is 2. The van der Waals surface area contributed by atoms with Gasteiger partial charge in [0.2, 0.25) is 0 Å². The monoisotopic (exact) mass is 313 g/mol. The van der Waals surface area contributed by atoms with Crippen molar-refractivity contribution in [2.75, 3.05) is 12.8 Å². The van der Waals surface area contributed by atoms with Crippen LogP contribution in [0.15, 0.2) is 12.3 Å². The number of carbonyl (C=O) groups is 1. The molecule has 1 fully saturated rings. The van der Waals surface area contributed by atoms with Crippen LogP contribution in [-0.4, -0.2) is 42.2 Å². The van der Waals surface area contributed by atoms with Crippen LogP contribution in [0.3, 0.4) is 0 Å². The molecule has 0 bridgehead atoms. The van der Waals surface area contributed by atoms with Crippen molar-refractivity contribution in [3.8, 4) is 0 Å². The third-order valence-corrected chi connectivity index (χ3v) is 5.83. The number of aryl methyl sites for hydroxylation is 1. The van der Waals surface area contributed by atoms with E-state index in [0.717, 1.165) is 19.4 Å². The van der Waals surface area contributed by atoms with E-state index in [9.17, 15) is 13.2 Å². The molecule has 1 N–H and O–H groups in total. The number of amides is 1. The molecule has 0 spiro atoms. The molecule has 0 atom stereocenters. The van der Waals surface area contributed by atoms with Crippen molar-refractivity contribution in [2.45, 2.75) is 44.4 Å². The highest BCUT2D eigenvalue weighted by Crippen LogP contribution is 2.27. The van der Waals surface area contributed by atoms with E-state index in [0.29, 0.717) is 31.0 Å². The first kappa shape index (κ1) is 16.0. The summed E-state index contributed by atoms with van der Waals surface area (Å²) >= 11 is 0. The largest absolute Gasteiger partial charge is 0.350 e. The molecule has 2 rings (SSSR count). The van der Waals surface area contributed by atoms with Crippen LogP contribution < -0.4 is 5.32 Å². The minimum atomic E-state index is -2.92. The molecule has 6 nitrogen and oxygen atoms in total. The van der Waals surface area contributed by atoms with E-state index in [1.54, 1.807) is 16.9 Å². The van der Waals surface area contributed by atoms with Crippen LogP contribution in [0.1, 0.15) is 43.1 Å². The van der Waals surface area contributed by atoms with Gasteiger partial charge in [-0.25, -0.2) is 8.42 Å². The van der Waals surface area contributed by atoms with Crippen molar-refractivity contribution < 1.29 is 13.2 Å². The zero-order valence-corrected chi connectivity index (χ0v) is 13.4. The molecule has 0 aromatic carbocycles. The van der Waals surface area contributed by atoms with Crippen molar-refractivity contribution in [1.82, 2.24) is 15.1 Å². The predicted octanol–water partition coefficient (Wildman–Crippen LogP) is 1.24. The molecule has 0 unspecified atom stereocenters. The quantitative estimate of drug-likeness (QED) is 0.886. The fourth-order valence-electron chi connectivity index (χ4n) is 2.75. The molecular formula is C14H23N3O3S. The summed E-state index contributed by atoms with van der Waals surface area (Å²) < 4.78 is 24.7. The van der Waals surface area contributed by atoms with Gasteiger partial charge in [0.05, 0.1) is 5.25 Å². The van der Waals surface area contributed by atoms with Gasteiger partial charge >= 0.3 is 0 Å². The van der Waals surface area contributed by atoms with Crippen LogP contribution in [0.25, 0.3) is 0 Å². The first-order chi connectivity index (χ1) is 9.90. The lowest BCUT2D eigenvalue weighted by atomic mass is 9.89. The molecular weight excluding hydrogens is 290 g/mol. The van der Waals surface area contributed by atoms with Gasteiger partial charge in [-0.3, -0.25) is 9.48 Å². The molecule has 1 amide bonds. The summed E-state index contributed by atoms with van der Waals surface area (Å²) in [6.45, 7) is 3.30. The average Bonchev–Trinajstić information content (AvgIpc) is 2.93. The minimum absolute atomic E-state index is 0.160. The van der Waals surface area contributed by atoms with Gasteiger partial charge in [0.15, 0.2) is 0 Å². The molecule has 0 saturated heterocycles. The van der Waals surface area contributed by atoms with E-state index in [2.05, 4.69) is 10.4 Å². The van der Waals surface area contributed by atoms with Gasteiger partial charge < -0.3 is 5.32 Å². The topological polar surface area (TPSA) is 81.1 Å². The zero-order chi connectivity index (χ0) is 15.5. The Morgan fingerprint density at radius 1 is 1.38 bits per heavy atom. The summed E-state index contributed by atoms with van der Waals surface area (Å²) in [7, 11) is -2.92. The average molecular weight is 313 g/mol. The highest BCUT2D eigenvalue weighted by atomic mass is 32.2. The minimum Gasteiger partial charge on any atom is -0.350 e. The van der Waals surface area contributed by atoms with E-state index in [1.165, 1.54) is 6.26 Å². The zero-order valence-electron chi connectivity index (χ0n) is 12.6. The van der Waals surface area contributed by atoms with Crippen LogP contribution >= 0.6 is 0 Å². The first-order valence-corrected chi connectivity index (χ1v) is 9.36. The molecule has 1 aliphatic rings. The van der Waals surface area contributed by atoms with Gasteiger partial charge in [0, 0.05) is 25.5 Å². The molecule has 0 aliphatic heterocycles. The second-order valence-electron chi connectivity index (χ2n) is 5.74. The number of hydrogen-bond donors (Lipinski definition) is 1. The van der Waals surface area contributed by atoms with E-state index < -0.39 is 9.84 Å². The van der Waals surface area contributed by atoms with Crippen LogP contribution in [0, 0.1) is 5.92 Å². The van der Waals surface area contributed by atoms with Gasteiger partial charge in [-0.15, -0.1) is 0 Å². The fourth-order valence-corrected chi connectivity index (χ4v) is 3.88. The number of nitrogens with one attached hydrogen (secondary N) is 1. The van der Waals surface area contributed by atoms with Crippen LogP contribution in [-0.2, 0) is 16.4 Å². The van der Waals surface area contributed by atoms with Crippen molar-refractivity contribution >= 4 is 15.7 Å². The smallest absolute Gasteiger partial charge is 0.271 e. The van der Waals surface area contributed by atoms with Crippen molar-refractivity contribution in [1.29, 1.82) is 0 Å². The number of hydrogen-bond acceptors (Lipinski definition) is 4. The second-order valence-corrected chi connectivity index (χ2v) is 8.06. The first-order valence-electron chi connectivity index (χ1n) is 7.40. The highest BCUT2D eigenvalue weighted by Gasteiger charge is 2.28. The van der Waals surface area contributed by atoms with Crippen LogP contribution in [0.4, 0.5) is 0 Å². The Hall–Kier alpha value is -1.37. The summed E-state index contributed by atoms with van der Waals surface area (Å²) in [5.74, 6) is 0.202. The normalized spacial score (nSPS) is 23.0. The molecule has 1 heterocycles. The van der Waals surface area contributed by atoms with Crippen LogP contribution in [0.2, 0.25) is 0 Å². The van der Waals surface area contributed by atoms with Crippen molar-refractivity contribution in [3.63, 3.8) is 0 Å². The third-order valence-electron chi connectivity index (χ3n) is 4.15. The Morgan fingerprint density at radius 3 is 2.57 bits per heavy atom. The Balaban J connectivity index is 1.78. The second kappa shape index (κ2) is 6.60. The predicted molar refractivity (Wildman–Crippen MR) is 80.8 cm³/mol. The molecule has 21 heavy (non-hydrogen) atoms. The van der Waals surface area contributed by atoms with Gasteiger partial charge in [-0.2, -0.15) is 5.10 Å². The van der Waals surface area contributed by atoms with Gasteiger partial charge in [0.1, 0.15) is 15.5 Å². The lowest BCUT2D eigenvalue weighted by Gasteiger charge is -2.27. The molecule has 1 aromatic rings. The molecule has 0 radical (unpaired) electrons. The summed E-state index contributed by atoms with van der Waals surface area (Å²) in [6.07, 6.45) is 6.19. The van der Waals surface area contributed by atoms with Gasteiger partial charge in [-0.1, -0.05) is 0 Å². The van der Waals surface area contributed by atoms with E-state index in [4.69, 9.17) is 0 Å². The summed E-state index contributed by atoms with van der Waals surface area (Å²) in [4.78, 5) is 12.0. The number of rotatable bonds is 5. The van der Waals surface area contributed by atoms with E-state index >= 15 is 0 Å². The lowest BCUT2D eigenvalue weighted by Crippen LogP contribution is -2.34. The molecule has 1 saturated carbocycles. The number of aromatic nitrogens is 2. The molecule has 7 heteroatoms. The number of sulfone groups is 1. The highest BCUT2D eigenvalue weighted by molar-refractivity contribution is 7.91. The molecule has 1 aromatic heterocycles. The molecule has 1 aliphatic carbocycles. The summed E-state index contributed by atoms with van der Waals surface area (Å²) in [6, 6.07) is 1.71. The van der Waals surface area contributed by atoms with Crippen molar-refractivity contribution in [3.05, 3.63) is 18.0 Å². The number of carbonyl (C=O) groups excluding carboxylic acids is 1. The molecule has 118 valence electrons. The lowest BCUT2D eigenvalue weighted by molar-refractivity contribution is 0.0937. The van der Waals surface area contributed by atoms with E-state index in [-0.39, 0.29) is 11.2 Å².